The van der Waals surface area contributed by atoms with E-state index in [1.54, 1.807) is 28.9 Å². The molecule has 0 spiro atoms. The van der Waals surface area contributed by atoms with Gasteiger partial charge in [0.2, 0.25) is 5.91 Å². The summed E-state index contributed by atoms with van der Waals surface area (Å²) in [7, 11) is -1.87. The van der Waals surface area contributed by atoms with Crippen molar-refractivity contribution in [1.82, 2.24) is 9.62 Å². The summed E-state index contributed by atoms with van der Waals surface area (Å²) < 4.78 is 39.1. The van der Waals surface area contributed by atoms with E-state index in [1.807, 2.05) is 24.3 Å². The van der Waals surface area contributed by atoms with Gasteiger partial charge in [-0.05, 0) is 61.2 Å². The monoisotopic (exact) mass is 492 g/mol. The van der Waals surface area contributed by atoms with Gasteiger partial charge in [0.25, 0.3) is 10.0 Å². The molecular weight excluding hydrogens is 460 g/mol. The number of nitrogens with one attached hydrogen (secondary N) is 1. The van der Waals surface area contributed by atoms with Crippen LogP contribution >= 0.6 is 11.3 Å². The zero-order chi connectivity index (χ0) is 23.3. The summed E-state index contributed by atoms with van der Waals surface area (Å²) in [4.78, 5) is 13.5. The van der Waals surface area contributed by atoms with Crippen LogP contribution in [0.2, 0.25) is 0 Å². The minimum absolute atomic E-state index is 0.0144. The lowest BCUT2D eigenvalue weighted by Gasteiger charge is -2.37. The van der Waals surface area contributed by atoms with Crippen molar-refractivity contribution in [2.24, 2.45) is 0 Å². The van der Waals surface area contributed by atoms with E-state index >= 15 is 0 Å². The molecule has 2 saturated heterocycles. The second kappa shape index (κ2) is 10.5. The first-order valence-electron chi connectivity index (χ1n) is 11.5. The number of hydrogen-bond acceptors (Lipinski definition) is 6. The van der Waals surface area contributed by atoms with Crippen LogP contribution in [0.3, 0.4) is 0 Å². The number of carbonyl (C=O) groups excluding carboxylic acids is 1. The van der Waals surface area contributed by atoms with Crippen molar-refractivity contribution >= 4 is 27.3 Å². The third-order valence-electron chi connectivity index (χ3n) is 6.82. The van der Waals surface area contributed by atoms with Crippen LogP contribution in [0, 0.1) is 0 Å². The van der Waals surface area contributed by atoms with E-state index in [4.69, 9.17) is 9.47 Å². The fourth-order valence-corrected chi connectivity index (χ4v) is 7.75. The quantitative estimate of drug-likeness (QED) is 0.609. The predicted octanol–water partition coefficient (Wildman–Crippen LogP) is 3.55. The SMILES string of the molecule is COc1ccc(C2(C(=O)NCCC3CCCCN3S(=O)(=O)c3cccs3)CCOCC2)cc1. The highest BCUT2D eigenvalue weighted by molar-refractivity contribution is 7.91. The molecule has 1 aromatic heterocycles. The van der Waals surface area contributed by atoms with E-state index in [0.717, 1.165) is 30.6 Å². The van der Waals surface area contributed by atoms with Crippen molar-refractivity contribution in [2.45, 2.75) is 54.2 Å². The maximum absolute atomic E-state index is 13.5. The van der Waals surface area contributed by atoms with Crippen LogP contribution < -0.4 is 10.1 Å². The van der Waals surface area contributed by atoms with Crippen molar-refractivity contribution in [3.8, 4) is 5.75 Å². The summed E-state index contributed by atoms with van der Waals surface area (Å²) in [6, 6.07) is 11.0. The summed E-state index contributed by atoms with van der Waals surface area (Å²) in [5.41, 5.74) is 0.323. The fraction of sp³-hybridized carbons (Fsp3) is 0.542. The molecule has 9 heteroatoms. The van der Waals surface area contributed by atoms with Crippen molar-refractivity contribution in [1.29, 1.82) is 0 Å². The lowest BCUT2D eigenvalue weighted by atomic mass is 9.73. The first-order valence-corrected chi connectivity index (χ1v) is 13.9. The van der Waals surface area contributed by atoms with E-state index in [-0.39, 0.29) is 11.9 Å². The van der Waals surface area contributed by atoms with Crippen molar-refractivity contribution in [3.63, 3.8) is 0 Å². The highest BCUT2D eigenvalue weighted by Crippen LogP contribution is 2.36. The summed E-state index contributed by atoms with van der Waals surface area (Å²) in [5.74, 6) is 0.741. The Labute approximate surface area is 200 Å². The number of piperidine rings is 1. The number of benzene rings is 1. The summed E-state index contributed by atoms with van der Waals surface area (Å²) >= 11 is 1.25. The minimum atomic E-state index is -3.49. The number of rotatable bonds is 8. The molecule has 2 aliphatic heterocycles. The molecule has 0 saturated carbocycles. The van der Waals surface area contributed by atoms with Gasteiger partial charge >= 0.3 is 0 Å². The van der Waals surface area contributed by atoms with E-state index < -0.39 is 15.4 Å². The van der Waals surface area contributed by atoms with Gasteiger partial charge in [0.05, 0.1) is 12.5 Å². The molecule has 2 aromatic rings. The van der Waals surface area contributed by atoms with Crippen LogP contribution in [-0.4, -0.2) is 58.1 Å². The largest absolute Gasteiger partial charge is 0.497 e. The Hall–Kier alpha value is -1.94. The van der Waals surface area contributed by atoms with Crippen molar-refractivity contribution < 1.29 is 22.7 Å². The summed E-state index contributed by atoms with van der Waals surface area (Å²) in [6.07, 6.45) is 4.53. The third-order valence-corrected chi connectivity index (χ3v) is 10.1. The normalized spacial score (nSPS) is 21.4. The van der Waals surface area contributed by atoms with Gasteiger partial charge in [0.1, 0.15) is 9.96 Å². The zero-order valence-electron chi connectivity index (χ0n) is 19.0. The van der Waals surface area contributed by atoms with Gasteiger partial charge in [-0.1, -0.05) is 24.6 Å². The molecular formula is C24H32N2O5S2. The molecule has 0 aliphatic carbocycles. The van der Waals surface area contributed by atoms with Gasteiger partial charge in [-0.15, -0.1) is 11.3 Å². The highest BCUT2D eigenvalue weighted by atomic mass is 32.2. The van der Waals surface area contributed by atoms with Crippen LogP contribution in [0.1, 0.15) is 44.1 Å². The number of methoxy groups -OCH3 is 1. The Bertz CT molecular complexity index is 1020. The number of ether oxygens (including phenoxy) is 2. The Morgan fingerprint density at radius 3 is 2.64 bits per heavy atom. The Morgan fingerprint density at radius 1 is 1.21 bits per heavy atom. The second-order valence-electron chi connectivity index (χ2n) is 8.67. The van der Waals surface area contributed by atoms with Crippen molar-refractivity contribution in [2.75, 3.05) is 33.4 Å². The molecule has 2 fully saturated rings. The number of thiophene rings is 1. The molecule has 1 aromatic carbocycles. The maximum atomic E-state index is 13.5. The molecule has 4 rings (SSSR count). The molecule has 1 unspecified atom stereocenters. The molecule has 1 N–H and O–H groups in total. The van der Waals surface area contributed by atoms with E-state index in [1.165, 1.54) is 11.3 Å². The van der Waals surface area contributed by atoms with Gasteiger partial charge in [0.15, 0.2) is 0 Å². The molecule has 7 nitrogen and oxygen atoms in total. The van der Waals surface area contributed by atoms with Crippen molar-refractivity contribution in [3.05, 3.63) is 47.3 Å². The molecule has 1 amide bonds. The average molecular weight is 493 g/mol. The van der Waals surface area contributed by atoms with Gasteiger partial charge < -0.3 is 14.8 Å². The van der Waals surface area contributed by atoms with Crippen LogP contribution in [-0.2, 0) is 25.0 Å². The minimum Gasteiger partial charge on any atom is -0.497 e. The van der Waals surface area contributed by atoms with Crippen LogP contribution in [0.15, 0.2) is 46.0 Å². The Kier molecular flexibility index (Phi) is 7.73. The topological polar surface area (TPSA) is 84.9 Å². The first-order chi connectivity index (χ1) is 16.0. The summed E-state index contributed by atoms with van der Waals surface area (Å²) in [6.45, 7) is 2.05. The molecule has 2 aliphatic rings. The number of sulfonamides is 1. The molecule has 180 valence electrons. The van der Waals surface area contributed by atoms with E-state index in [2.05, 4.69) is 5.32 Å². The van der Waals surface area contributed by atoms with Crippen LogP contribution in [0.4, 0.5) is 0 Å². The Morgan fingerprint density at radius 2 is 1.97 bits per heavy atom. The second-order valence-corrected chi connectivity index (χ2v) is 11.7. The van der Waals surface area contributed by atoms with E-state index in [0.29, 0.717) is 49.8 Å². The average Bonchev–Trinajstić information content (AvgIpc) is 3.41. The Balaban J connectivity index is 1.44. The van der Waals surface area contributed by atoms with E-state index in [9.17, 15) is 13.2 Å². The molecule has 0 bridgehead atoms. The van der Waals surface area contributed by atoms with Crippen LogP contribution in [0.25, 0.3) is 0 Å². The molecule has 1 atom stereocenters. The predicted molar refractivity (Wildman–Crippen MR) is 128 cm³/mol. The highest BCUT2D eigenvalue weighted by Gasteiger charge is 2.42. The fourth-order valence-electron chi connectivity index (χ4n) is 4.90. The molecule has 0 radical (unpaired) electrons. The standard InChI is InChI=1S/C24H32N2O5S2/c1-30-21-9-7-19(8-10-21)24(12-16-31-17-13-24)23(27)25-14-11-20-5-2-3-15-26(20)33(28,29)22-6-4-18-32-22/h4,6-10,18,20H,2-3,5,11-17H2,1H3,(H,25,27). The number of hydrogen-bond donors (Lipinski definition) is 1. The zero-order valence-corrected chi connectivity index (χ0v) is 20.6. The van der Waals surface area contributed by atoms with Gasteiger partial charge in [-0.2, -0.15) is 4.31 Å². The number of amides is 1. The summed E-state index contributed by atoms with van der Waals surface area (Å²) in [5, 5.41) is 4.92. The molecule has 3 heterocycles. The lowest BCUT2D eigenvalue weighted by molar-refractivity contribution is -0.130. The first kappa shape index (κ1) is 24.2. The number of nitrogens with zero attached hydrogens (tertiary/aromatic N) is 1. The smallest absolute Gasteiger partial charge is 0.252 e. The maximum Gasteiger partial charge on any atom is 0.252 e. The van der Waals surface area contributed by atoms with Gasteiger partial charge in [0, 0.05) is 32.3 Å². The third kappa shape index (κ3) is 5.11. The number of carbonyl (C=O) groups is 1. The lowest BCUT2D eigenvalue weighted by Crippen LogP contribution is -2.49. The van der Waals surface area contributed by atoms with Gasteiger partial charge in [-0.25, -0.2) is 8.42 Å². The van der Waals surface area contributed by atoms with Crippen LogP contribution in [0.5, 0.6) is 5.75 Å². The van der Waals surface area contributed by atoms with Gasteiger partial charge in [-0.3, -0.25) is 4.79 Å². The molecule has 33 heavy (non-hydrogen) atoms.